The van der Waals surface area contributed by atoms with E-state index in [0.29, 0.717) is 18.5 Å². The van der Waals surface area contributed by atoms with Crippen LogP contribution in [0.1, 0.15) is 169 Å². The van der Waals surface area contributed by atoms with Crippen LogP contribution in [0.3, 0.4) is 0 Å². The van der Waals surface area contributed by atoms with Gasteiger partial charge in [-0.1, -0.05) is 0 Å². The van der Waals surface area contributed by atoms with E-state index < -0.39 is 26.5 Å². The first-order valence-electron chi connectivity index (χ1n) is 21.7. The summed E-state index contributed by atoms with van der Waals surface area (Å²) in [6.45, 7) is 10.1. The summed E-state index contributed by atoms with van der Waals surface area (Å²) in [7, 11) is 0. The fourth-order valence-electron chi connectivity index (χ4n) is 10.5. The molecule has 50 heavy (non-hydrogen) atoms. The number of ether oxygens (including phenoxy) is 2. The summed E-state index contributed by atoms with van der Waals surface area (Å²) >= 11 is -6.44. The summed E-state index contributed by atoms with van der Waals surface area (Å²) in [6.07, 6.45) is 23.6. The van der Waals surface area contributed by atoms with Crippen molar-refractivity contribution in [1.29, 1.82) is 0 Å². The van der Waals surface area contributed by atoms with Crippen molar-refractivity contribution in [3.63, 3.8) is 0 Å². The Labute approximate surface area is 311 Å². The topological polar surface area (TPSA) is 86.7 Å². The summed E-state index contributed by atoms with van der Waals surface area (Å²) in [5.41, 5.74) is 0. The first kappa shape index (κ1) is 42.4. The molecule has 0 heterocycles. The Balaban J connectivity index is 1.06. The molecule has 4 saturated carbocycles. The summed E-state index contributed by atoms with van der Waals surface area (Å²) in [5.74, 6) is 0.539. The van der Waals surface area contributed by atoms with Crippen molar-refractivity contribution in [3.8, 4) is 0 Å². The molecule has 4 rings (SSSR count). The van der Waals surface area contributed by atoms with Gasteiger partial charge in [0.05, 0.1) is 0 Å². The maximum atomic E-state index is 13.9. The minimum atomic E-state index is -3.22. The SMILES string of the molecule is C[CH2][Ge]([CH2]C)([C](=O)C1CCCCC1)[C](=O)C1CCC(OCCCCCCOC2CCC([C](=O)[Ge]([CH2]C)([CH2]C)[C](=O)C3CCCCC3)CC2)CC1. The van der Waals surface area contributed by atoms with E-state index in [2.05, 4.69) is 27.7 Å². The van der Waals surface area contributed by atoms with Crippen LogP contribution in [0.4, 0.5) is 0 Å². The van der Waals surface area contributed by atoms with E-state index in [4.69, 9.17) is 9.47 Å². The van der Waals surface area contributed by atoms with Crippen molar-refractivity contribution >= 4 is 45.0 Å². The van der Waals surface area contributed by atoms with Crippen LogP contribution in [-0.2, 0) is 28.7 Å². The van der Waals surface area contributed by atoms with Gasteiger partial charge in [0.1, 0.15) is 0 Å². The van der Waals surface area contributed by atoms with Crippen LogP contribution >= 0.6 is 0 Å². The molecule has 0 radical (unpaired) electrons. The second-order valence-electron chi connectivity index (χ2n) is 16.8. The zero-order chi connectivity index (χ0) is 36.0. The van der Waals surface area contributed by atoms with Crippen LogP contribution in [0.15, 0.2) is 0 Å². The normalized spacial score (nSPS) is 26.1. The van der Waals surface area contributed by atoms with E-state index in [9.17, 15) is 19.2 Å². The molecule has 4 fully saturated rings. The van der Waals surface area contributed by atoms with Crippen molar-refractivity contribution in [2.24, 2.45) is 23.7 Å². The van der Waals surface area contributed by atoms with E-state index in [1.54, 1.807) is 0 Å². The minimum absolute atomic E-state index is 0.0945. The van der Waals surface area contributed by atoms with Gasteiger partial charge in [0, 0.05) is 0 Å². The number of carbonyl (C=O) groups excluding carboxylic acids is 4. The van der Waals surface area contributed by atoms with E-state index >= 15 is 0 Å². The van der Waals surface area contributed by atoms with E-state index in [1.165, 1.54) is 12.8 Å². The van der Waals surface area contributed by atoms with Gasteiger partial charge in [0.25, 0.3) is 0 Å². The molecule has 0 aromatic rings. The van der Waals surface area contributed by atoms with Crippen LogP contribution < -0.4 is 0 Å². The molecule has 0 aromatic carbocycles. The van der Waals surface area contributed by atoms with Crippen molar-refractivity contribution in [2.75, 3.05) is 13.2 Å². The van der Waals surface area contributed by atoms with Gasteiger partial charge >= 0.3 is 313 Å². The molecule has 0 aliphatic heterocycles. The standard InChI is InChI=1S/C42H74Ge2O6/c1-5-43(6-2,39(45)33-19-13-11-14-20-33)41(47)35-23-27-37(28-24-35)49-31-17-9-10-18-32-50-38-29-25-36(26-30-38)42(48)44(7-3,8-4)40(46)34-21-15-12-16-22-34/h33-38H,5-32H2,1-4H3. The molecule has 0 aromatic heterocycles. The number of hydrogen-bond donors (Lipinski definition) is 0. The monoisotopic (exact) mass is 822 g/mol. The van der Waals surface area contributed by atoms with Crippen molar-refractivity contribution in [3.05, 3.63) is 0 Å². The fraction of sp³-hybridized carbons (Fsp3) is 0.905. The third-order valence-electron chi connectivity index (χ3n) is 14.1. The van der Waals surface area contributed by atoms with Crippen LogP contribution in [0.5, 0.6) is 0 Å². The number of unbranched alkanes of at least 4 members (excludes halogenated alkanes) is 3. The van der Waals surface area contributed by atoms with Crippen LogP contribution in [0.2, 0.25) is 21.0 Å². The van der Waals surface area contributed by atoms with Gasteiger partial charge in [0.15, 0.2) is 0 Å². The fourth-order valence-corrected chi connectivity index (χ4v) is 28.4. The van der Waals surface area contributed by atoms with Gasteiger partial charge in [-0.2, -0.15) is 0 Å². The Morgan fingerprint density at radius 3 is 0.960 bits per heavy atom. The number of rotatable bonds is 21. The summed E-state index contributed by atoms with van der Waals surface area (Å²) in [5, 5.41) is 3.33. The van der Waals surface area contributed by atoms with Crippen LogP contribution in [-0.4, -0.2) is 70.4 Å². The Morgan fingerprint density at radius 2 is 0.680 bits per heavy atom. The zero-order valence-electron chi connectivity index (χ0n) is 32.7. The average Bonchev–Trinajstić information content (AvgIpc) is 3.18. The third-order valence-corrected chi connectivity index (χ3v) is 35.6. The van der Waals surface area contributed by atoms with Gasteiger partial charge in [-0.15, -0.1) is 0 Å². The van der Waals surface area contributed by atoms with Gasteiger partial charge < -0.3 is 0 Å². The molecule has 0 amide bonds. The predicted octanol–water partition coefficient (Wildman–Crippen LogP) is 10.3. The molecule has 8 heteroatoms. The quantitative estimate of drug-likeness (QED) is 0.0847. The Kier molecular flexibility index (Phi) is 18.3. The van der Waals surface area contributed by atoms with Gasteiger partial charge in [-0.3, -0.25) is 0 Å². The summed E-state index contributed by atoms with van der Waals surface area (Å²) in [4.78, 5) is 55.3. The molecule has 0 unspecified atom stereocenters. The van der Waals surface area contributed by atoms with Gasteiger partial charge in [-0.05, 0) is 0 Å². The molecule has 0 spiro atoms. The molecule has 0 saturated heterocycles. The molecule has 4 aliphatic carbocycles. The van der Waals surface area contributed by atoms with Crippen LogP contribution in [0, 0.1) is 23.7 Å². The van der Waals surface area contributed by atoms with E-state index in [1.807, 2.05) is 0 Å². The van der Waals surface area contributed by atoms with Crippen molar-refractivity contribution < 1.29 is 28.7 Å². The Hall–Kier alpha value is -0.314. The molecular formula is C42H74Ge2O6. The second kappa shape index (κ2) is 21.5. The molecule has 6 nitrogen and oxygen atoms in total. The maximum absolute atomic E-state index is 13.9. The van der Waals surface area contributed by atoms with E-state index in [-0.39, 0.29) is 35.9 Å². The van der Waals surface area contributed by atoms with E-state index in [0.717, 1.165) is 163 Å². The van der Waals surface area contributed by atoms with Gasteiger partial charge in [-0.25, -0.2) is 0 Å². The summed E-state index contributed by atoms with van der Waals surface area (Å²) < 4.78 is 14.3. The molecule has 0 N–H and O–H groups in total. The molecule has 286 valence electrons. The number of carbonyl (C=O) groups is 4. The zero-order valence-corrected chi connectivity index (χ0v) is 36.9. The molecule has 4 aliphatic rings. The molecule has 0 bridgehead atoms. The first-order chi connectivity index (χ1) is 24.3. The third kappa shape index (κ3) is 10.7. The Bertz CT molecular complexity index is 972. The predicted molar refractivity (Wildman–Crippen MR) is 208 cm³/mol. The second-order valence-corrected chi connectivity index (χ2v) is 36.0. The Morgan fingerprint density at radius 1 is 0.400 bits per heavy atom. The summed E-state index contributed by atoms with van der Waals surface area (Å²) in [6, 6.07) is 0. The molecule has 0 atom stereocenters. The van der Waals surface area contributed by atoms with Crippen LogP contribution in [0.25, 0.3) is 0 Å². The molecular weight excluding hydrogens is 746 g/mol. The average molecular weight is 820 g/mol. The number of hydrogen-bond acceptors (Lipinski definition) is 6. The first-order valence-corrected chi connectivity index (χ1v) is 31.8. The van der Waals surface area contributed by atoms with Gasteiger partial charge in [0.2, 0.25) is 0 Å². The van der Waals surface area contributed by atoms with Crippen molar-refractivity contribution in [2.45, 2.75) is 202 Å². The van der Waals surface area contributed by atoms with Crippen molar-refractivity contribution in [1.82, 2.24) is 0 Å².